The van der Waals surface area contributed by atoms with E-state index in [-0.39, 0.29) is 11.4 Å². The highest BCUT2D eigenvalue weighted by molar-refractivity contribution is 5.79. The second-order valence-electron chi connectivity index (χ2n) is 7.27. The molecular weight excluding hydrogens is 222 g/mol. The van der Waals surface area contributed by atoms with Crippen molar-refractivity contribution >= 4 is 5.91 Å². The van der Waals surface area contributed by atoms with Gasteiger partial charge >= 0.3 is 0 Å². The van der Waals surface area contributed by atoms with Gasteiger partial charge in [-0.05, 0) is 43.4 Å². The number of nitrogens with one attached hydrogen (secondary N) is 1. The summed E-state index contributed by atoms with van der Waals surface area (Å²) in [4.78, 5) is 11.6. The summed E-state index contributed by atoms with van der Waals surface area (Å²) in [5, 5.41) is 3.32. The van der Waals surface area contributed by atoms with Crippen molar-refractivity contribution in [2.75, 3.05) is 0 Å². The van der Waals surface area contributed by atoms with E-state index in [9.17, 15) is 4.79 Å². The minimum atomic E-state index is 0.132. The minimum Gasteiger partial charge on any atom is -0.351 e. The second-order valence-corrected chi connectivity index (χ2v) is 7.27. The molecule has 0 bridgehead atoms. The molecule has 1 aliphatic heterocycles. The molecule has 2 nitrogen and oxygen atoms in total. The summed E-state index contributed by atoms with van der Waals surface area (Å²) in [6.07, 6.45) is 9.72. The number of carbonyl (C=O) groups is 1. The first-order valence-corrected chi connectivity index (χ1v) is 7.80. The SMILES string of the molecule is CC(C)CC1(CC2CCCC(C)C2)CCC(=O)N1. The third kappa shape index (κ3) is 3.49. The summed E-state index contributed by atoms with van der Waals surface area (Å²) in [7, 11) is 0. The molecule has 2 rings (SSSR count). The van der Waals surface area contributed by atoms with Gasteiger partial charge in [0.15, 0.2) is 0 Å². The predicted octanol–water partition coefficient (Wildman–Crippen LogP) is 3.90. The standard InChI is InChI=1S/C16H29NO/c1-12(2)10-16(8-7-15(18)17-16)11-14-6-4-5-13(3)9-14/h12-14H,4-11H2,1-3H3,(H,17,18). The molecular formula is C16H29NO. The number of carbonyl (C=O) groups excluding carboxylic acids is 1. The lowest BCUT2D eigenvalue weighted by Crippen LogP contribution is -2.44. The van der Waals surface area contributed by atoms with Crippen molar-refractivity contribution in [3.63, 3.8) is 0 Å². The zero-order valence-electron chi connectivity index (χ0n) is 12.3. The van der Waals surface area contributed by atoms with Crippen LogP contribution in [0.2, 0.25) is 0 Å². The van der Waals surface area contributed by atoms with Crippen molar-refractivity contribution in [3.8, 4) is 0 Å². The van der Waals surface area contributed by atoms with Gasteiger partial charge in [0.05, 0.1) is 0 Å². The first kappa shape index (κ1) is 13.9. The van der Waals surface area contributed by atoms with Crippen molar-refractivity contribution in [1.82, 2.24) is 5.32 Å². The summed E-state index contributed by atoms with van der Waals surface area (Å²) < 4.78 is 0. The lowest BCUT2D eigenvalue weighted by atomic mass is 9.73. The fraction of sp³-hybridized carbons (Fsp3) is 0.938. The van der Waals surface area contributed by atoms with Crippen LogP contribution in [-0.2, 0) is 4.79 Å². The second kappa shape index (κ2) is 5.63. The maximum absolute atomic E-state index is 11.6. The van der Waals surface area contributed by atoms with E-state index in [1.165, 1.54) is 32.1 Å². The Bertz CT molecular complexity index is 299. The number of rotatable bonds is 4. The highest BCUT2D eigenvalue weighted by Crippen LogP contribution is 2.39. The minimum absolute atomic E-state index is 0.132. The lowest BCUT2D eigenvalue weighted by Gasteiger charge is -2.37. The quantitative estimate of drug-likeness (QED) is 0.806. The summed E-state index contributed by atoms with van der Waals surface area (Å²) in [6.45, 7) is 6.93. The van der Waals surface area contributed by atoms with Gasteiger partial charge in [-0.1, -0.05) is 40.0 Å². The van der Waals surface area contributed by atoms with Crippen LogP contribution in [0.5, 0.6) is 0 Å². The molecule has 0 spiro atoms. The molecule has 2 aliphatic rings. The number of hydrogen-bond donors (Lipinski definition) is 1. The van der Waals surface area contributed by atoms with Crippen LogP contribution in [0, 0.1) is 17.8 Å². The molecule has 3 unspecified atom stereocenters. The largest absolute Gasteiger partial charge is 0.351 e. The van der Waals surface area contributed by atoms with Gasteiger partial charge < -0.3 is 5.32 Å². The summed E-state index contributed by atoms with van der Waals surface area (Å²) in [6, 6.07) is 0. The molecule has 1 amide bonds. The molecule has 0 aromatic heterocycles. The fourth-order valence-corrected chi connectivity index (χ4v) is 4.24. The first-order valence-electron chi connectivity index (χ1n) is 7.80. The smallest absolute Gasteiger partial charge is 0.220 e. The molecule has 1 saturated heterocycles. The van der Waals surface area contributed by atoms with Crippen molar-refractivity contribution < 1.29 is 4.79 Å². The zero-order valence-corrected chi connectivity index (χ0v) is 12.3. The van der Waals surface area contributed by atoms with Gasteiger partial charge in [-0.3, -0.25) is 4.79 Å². The van der Waals surface area contributed by atoms with Crippen LogP contribution in [0.1, 0.15) is 72.1 Å². The topological polar surface area (TPSA) is 29.1 Å². The Balaban J connectivity index is 1.98. The number of amides is 1. The van der Waals surface area contributed by atoms with Crippen LogP contribution >= 0.6 is 0 Å². The van der Waals surface area contributed by atoms with Gasteiger partial charge in [-0.25, -0.2) is 0 Å². The van der Waals surface area contributed by atoms with Crippen LogP contribution in [0.15, 0.2) is 0 Å². The van der Waals surface area contributed by atoms with Gasteiger partial charge in [-0.15, -0.1) is 0 Å². The lowest BCUT2D eigenvalue weighted by molar-refractivity contribution is -0.120. The molecule has 3 atom stereocenters. The van der Waals surface area contributed by atoms with E-state index in [0.717, 1.165) is 31.1 Å². The van der Waals surface area contributed by atoms with Gasteiger partial charge in [0.25, 0.3) is 0 Å². The normalized spacial score (nSPS) is 37.0. The van der Waals surface area contributed by atoms with Crippen LogP contribution < -0.4 is 5.32 Å². The molecule has 1 aliphatic carbocycles. The van der Waals surface area contributed by atoms with E-state index < -0.39 is 0 Å². The molecule has 104 valence electrons. The Morgan fingerprint density at radius 2 is 2.17 bits per heavy atom. The maximum Gasteiger partial charge on any atom is 0.220 e. The van der Waals surface area contributed by atoms with E-state index in [1.807, 2.05) is 0 Å². The molecule has 1 N–H and O–H groups in total. The Kier molecular flexibility index (Phi) is 4.34. The Labute approximate surface area is 112 Å². The maximum atomic E-state index is 11.6. The van der Waals surface area contributed by atoms with Gasteiger partial charge in [0, 0.05) is 12.0 Å². The zero-order chi connectivity index (χ0) is 13.2. The monoisotopic (exact) mass is 251 g/mol. The van der Waals surface area contributed by atoms with Gasteiger partial charge in [0.2, 0.25) is 5.91 Å². The average Bonchev–Trinajstić information content (AvgIpc) is 2.58. The fourth-order valence-electron chi connectivity index (χ4n) is 4.24. The molecule has 2 fully saturated rings. The van der Waals surface area contributed by atoms with Gasteiger partial charge in [-0.2, -0.15) is 0 Å². The molecule has 0 aromatic carbocycles. The molecule has 0 radical (unpaired) electrons. The van der Waals surface area contributed by atoms with E-state index in [2.05, 4.69) is 26.1 Å². The van der Waals surface area contributed by atoms with Gasteiger partial charge in [0.1, 0.15) is 0 Å². The van der Waals surface area contributed by atoms with Crippen LogP contribution in [-0.4, -0.2) is 11.4 Å². The molecule has 2 heteroatoms. The van der Waals surface area contributed by atoms with Crippen LogP contribution in [0.4, 0.5) is 0 Å². The van der Waals surface area contributed by atoms with E-state index in [0.29, 0.717) is 5.92 Å². The molecule has 1 saturated carbocycles. The van der Waals surface area contributed by atoms with E-state index in [4.69, 9.17) is 0 Å². The summed E-state index contributed by atoms with van der Waals surface area (Å²) >= 11 is 0. The summed E-state index contributed by atoms with van der Waals surface area (Å²) in [5.74, 6) is 2.67. The first-order chi connectivity index (χ1) is 8.49. The number of hydrogen-bond acceptors (Lipinski definition) is 1. The highest BCUT2D eigenvalue weighted by Gasteiger charge is 2.40. The Morgan fingerprint density at radius 1 is 1.39 bits per heavy atom. The highest BCUT2D eigenvalue weighted by atomic mass is 16.2. The predicted molar refractivity (Wildman–Crippen MR) is 75.3 cm³/mol. The van der Waals surface area contributed by atoms with E-state index in [1.54, 1.807) is 0 Å². The Morgan fingerprint density at radius 3 is 2.72 bits per heavy atom. The molecule has 1 heterocycles. The van der Waals surface area contributed by atoms with Crippen molar-refractivity contribution in [2.45, 2.75) is 77.7 Å². The van der Waals surface area contributed by atoms with Crippen molar-refractivity contribution in [1.29, 1.82) is 0 Å². The average molecular weight is 251 g/mol. The third-order valence-corrected chi connectivity index (χ3v) is 4.76. The van der Waals surface area contributed by atoms with Crippen molar-refractivity contribution in [3.05, 3.63) is 0 Å². The van der Waals surface area contributed by atoms with Crippen LogP contribution in [0.25, 0.3) is 0 Å². The summed E-state index contributed by atoms with van der Waals surface area (Å²) in [5.41, 5.74) is 0.132. The van der Waals surface area contributed by atoms with Crippen molar-refractivity contribution in [2.24, 2.45) is 17.8 Å². The molecule has 0 aromatic rings. The Hall–Kier alpha value is -0.530. The van der Waals surface area contributed by atoms with Crippen LogP contribution in [0.3, 0.4) is 0 Å². The third-order valence-electron chi connectivity index (χ3n) is 4.76. The molecule has 18 heavy (non-hydrogen) atoms. The van der Waals surface area contributed by atoms with E-state index >= 15 is 0 Å².